The highest BCUT2D eigenvalue weighted by atomic mass is 14.9. The Balaban J connectivity index is 2.70. The molecule has 0 unspecified atom stereocenters. The highest BCUT2D eigenvalue weighted by molar-refractivity contribution is 6.01. The summed E-state index contributed by atoms with van der Waals surface area (Å²) in [5.74, 6) is 0. The summed E-state index contributed by atoms with van der Waals surface area (Å²) < 4.78 is 0. The van der Waals surface area contributed by atoms with Gasteiger partial charge in [-0.1, -0.05) is 0 Å². The third kappa shape index (κ3) is 0.744. The Bertz CT molecular complexity index is 575. The number of hydrogen-bond donors (Lipinski definition) is 2. The number of rotatable bonds is 0. The van der Waals surface area contributed by atoms with Crippen molar-refractivity contribution in [1.29, 1.82) is 0 Å². The molecule has 0 bridgehead atoms. The Morgan fingerprint density at radius 2 is 1.85 bits per heavy atom. The van der Waals surface area contributed by atoms with Gasteiger partial charge in [-0.2, -0.15) is 0 Å². The average molecular weight is 172 g/mol. The molecule has 0 spiro atoms. The number of aryl methyl sites for hydroxylation is 1. The Morgan fingerprint density at radius 1 is 1.08 bits per heavy atom. The van der Waals surface area contributed by atoms with E-state index in [2.05, 4.69) is 26.0 Å². The van der Waals surface area contributed by atoms with Crippen LogP contribution in [-0.4, -0.2) is 19.9 Å². The summed E-state index contributed by atoms with van der Waals surface area (Å²) in [6.07, 6.45) is 3.40. The molecule has 0 aliphatic carbocycles. The Kier molecular flexibility index (Phi) is 1.07. The van der Waals surface area contributed by atoms with Crippen molar-refractivity contribution in [3.05, 3.63) is 24.3 Å². The molecule has 4 heteroatoms. The molecule has 0 radical (unpaired) electrons. The topological polar surface area (TPSA) is 57.4 Å². The van der Waals surface area contributed by atoms with E-state index < -0.39 is 0 Å². The van der Waals surface area contributed by atoms with E-state index in [9.17, 15) is 0 Å². The third-order valence-electron chi connectivity index (χ3n) is 2.28. The summed E-state index contributed by atoms with van der Waals surface area (Å²) in [4.78, 5) is 14.7. The van der Waals surface area contributed by atoms with Gasteiger partial charge in [-0.05, 0) is 18.6 Å². The lowest BCUT2D eigenvalue weighted by Crippen LogP contribution is -1.79. The van der Waals surface area contributed by atoms with Crippen LogP contribution < -0.4 is 0 Å². The number of hydrogen-bond acceptors (Lipinski definition) is 2. The molecule has 4 nitrogen and oxygen atoms in total. The van der Waals surface area contributed by atoms with Gasteiger partial charge in [-0.3, -0.25) is 0 Å². The Hall–Kier alpha value is -1.84. The lowest BCUT2D eigenvalue weighted by Gasteiger charge is -1.95. The van der Waals surface area contributed by atoms with Gasteiger partial charge in [0.1, 0.15) is 5.52 Å². The molecule has 1 aromatic carbocycles. The number of imidazole rings is 2. The first kappa shape index (κ1) is 6.65. The van der Waals surface area contributed by atoms with Gasteiger partial charge in [-0.25, -0.2) is 9.97 Å². The molecule has 2 aromatic heterocycles. The van der Waals surface area contributed by atoms with Crippen LogP contribution in [0.4, 0.5) is 0 Å². The van der Waals surface area contributed by atoms with Crippen LogP contribution in [0.15, 0.2) is 18.7 Å². The maximum absolute atomic E-state index is 4.24. The first-order valence-electron chi connectivity index (χ1n) is 4.12. The molecule has 0 saturated heterocycles. The minimum atomic E-state index is 0.957. The van der Waals surface area contributed by atoms with Crippen molar-refractivity contribution in [2.45, 2.75) is 6.92 Å². The van der Waals surface area contributed by atoms with E-state index in [-0.39, 0.29) is 0 Å². The summed E-state index contributed by atoms with van der Waals surface area (Å²) in [5, 5.41) is 0. The largest absolute Gasteiger partial charge is 0.345 e. The van der Waals surface area contributed by atoms with E-state index in [0.29, 0.717) is 0 Å². The van der Waals surface area contributed by atoms with Crippen molar-refractivity contribution >= 4 is 22.1 Å². The molecule has 0 fully saturated rings. The number of fused-ring (bicyclic) bond motifs is 3. The molecular weight excluding hydrogens is 164 g/mol. The minimum Gasteiger partial charge on any atom is -0.345 e. The predicted molar refractivity (Wildman–Crippen MR) is 50.5 cm³/mol. The van der Waals surface area contributed by atoms with Crippen LogP contribution in [0.5, 0.6) is 0 Å². The van der Waals surface area contributed by atoms with Gasteiger partial charge < -0.3 is 9.97 Å². The van der Waals surface area contributed by atoms with Crippen molar-refractivity contribution < 1.29 is 0 Å². The maximum atomic E-state index is 4.24. The molecule has 2 heterocycles. The molecule has 3 aromatic rings. The first-order valence-corrected chi connectivity index (χ1v) is 4.12. The summed E-state index contributed by atoms with van der Waals surface area (Å²) in [6.45, 7) is 2.05. The fourth-order valence-corrected chi connectivity index (χ4v) is 1.67. The smallest absolute Gasteiger partial charge is 0.114 e. The van der Waals surface area contributed by atoms with Crippen molar-refractivity contribution in [2.75, 3.05) is 0 Å². The van der Waals surface area contributed by atoms with Crippen molar-refractivity contribution in [3.63, 3.8) is 0 Å². The van der Waals surface area contributed by atoms with Crippen molar-refractivity contribution in [1.82, 2.24) is 19.9 Å². The summed E-state index contributed by atoms with van der Waals surface area (Å²) in [7, 11) is 0. The standard InChI is InChI=1S/C9H8N4/c1-5-2-6-8(12-3-10-6)9-7(5)11-4-13-9/h2-4H,1H3,(H,10,12)(H,11,13). The van der Waals surface area contributed by atoms with E-state index in [0.717, 1.165) is 27.6 Å². The fourth-order valence-electron chi connectivity index (χ4n) is 1.67. The Morgan fingerprint density at radius 3 is 2.77 bits per heavy atom. The van der Waals surface area contributed by atoms with E-state index >= 15 is 0 Å². The van der Waals surface area contributed by atoms with Crippen LogP contribution in [0.3, 0.4) is 0 Å². The lowest BCUT2D eigenvalue weighted by atomic mass is 10.2. The van der Waals surface area contributed by atoms with Crippen molar-refractivity contribution in [2.24, 2.45) is 0 Å². The summed E-state index contributed by atoms with van der Waals surface area (Å²) >= 11 is 0. The molecule has 0 amide bonds. The second-order valence-corrected chi connectivity index (χ2v) is 3.12. The molecule has 0 aliphatic rings. The highest BCUT2D eigenvalue weighted by Crippen LogP contribution is 2.22. The second kappa shape index (κ2) is 2.10. The third-order valence-corrected chi connectivity index (χ3v) is 2.28. The SMILES string of the molecule is Cc1cc2[nH]cnc2c2[nH]cnc12. The second-order valence-electron chi connectivity index (χ2n) is 3.12. The number of benzene rings is 1. The van der Waals surface area contributed by atoms with Gasteiger partial charge >= 0.3 is 0 Å². The zero-order valence-electron chi connectivity index (χ0n) is 7.13. The van der Waals surface area contributed by atoms with Gasteiger partial charge in [0.25, 0.3) is 0 Å². The van der Waals surface area contributed by atoms with Crippen LogP contribution in [0.1, 0.15) is 5.56 Å². The molecule has 0 aliphatic heterocycles. The molecule has 64 valence electrons. The van der Waals surface area contributed by atoms with Gasteiger partial charge in [0, 0.05) is 0 Å². The van der Waals surface area contributed by atoms with Crippen molar-refractivity contribution in [3.8, 4) is 0 Å². The normalized spacial score (nSPS) is 11.5. The van der Waals surface area contributed by atoms with E-state index in [1.807, 2.05) is 6.92 Å². The first-order chi connectivity index (χ1) is 6.36. The monoisotopic (exact) mass is 172 g/mol. The van der Waals surface area contributed by atoms with Gasteiger partial charge in [-0.15, -0.1) is 0 Å². The Labute approximate surface area is 74.0 Å². The molecule has 2 N–H and O–H groups in total. The molecule has 3 rings (SSSR count). The van der Waals surface area contributed by atoms with Gasteiger partial charge in [0.15, 0.2) is 0 Å². The lowest BCUT2D eigenvalue weighted by molar-refractivity contribution is 1.32. The quantitative estimate of drug-likeness (QED) is 0.542. The fraction of sp³-hybridized carbons (Fsp3) is 0.111. The number of nitrogens with zero attached hydrogens (tertiary/aromatic N) is 2. The van der Waals surface area contributed by atoms with E-state index in [4.69, 9.17) is 0 Å². The van der Waals surface area contributed by atoms with E-state index in [1.165, 1.54) is 0 Å². The van der Waals surface area contributed by atoms with E-state index in [1.54, 1.807) is 12.7 Å². The molecule has 0 saturated carbocycles. The molecular formula is C9H8N4. The van der Waals surface area contributed by atoms with Gasteiger partial charge in [0.05, 0.1) is 29.2 Å². The van der Waals surface area contributed by atoms with Crippen LogP contribution in [0.2, 0.25) is 0 Å². The zero-order valence-corrected chi connectivity index (χ0v) is 7.13. The van der Waals surface area contributed by atoms with Crippen LogP contribution >= 0.6 is 0 Å². The highest BCUT2D eigenvalue weighted by Gasteiger charge is 2.06. The van der Waals surface area contributed by atoms with Crippen LogP contribution in [0.25, 0.3) is 22.1 Å². The molecule has 13 heavy (non-hydrogen) atoms. The molecule has 0 atom stereocenters. The number of nitrogens with one attached hydrogen (secondary N) is 2. The summed E-state index contributed by atoms with van der Waals surface area (Å²) in [5.41, 5.74) is 5.18. The number of aromatic nitrogens is 4. The zero-order chi connectivity index (χ0) is 8.84. The summed E-state index contributed by atoms with van der Waals surface area (Å²) in [6, 6.07) is 2.06. The predicted octanol–water partition coefficient (Wildman–Crippen LogP) is 1.75. The number of aromatic amines is 2. The maximum Gasteiger partial charge on any atom is 0.114 e. The van der Waals surface area contributed by atoms with Crippen LogP contribution in [-0.2, 0) is 0 Å². The number of H-pyrrole nitrogens is 2. The average Bonchev–Trinajstić information content (AvgIpc) is 2.66. The minimum absolute atomic E-state index is 0.957. The van der Waals surface area contributed by atoms with Crippen LogP contribution in [0, 0.1) is 6.92 Å². The van der Waals surface area contributed by atoms with Gasteiger partial charge in [0.2, 0.25) is 0 Å².